The molecule has 0 unspecified atom stereocenters. The summed E-state index contributed by atoms with van der Waals surface area (Å²) in [7, 11) is 0. The van der Waals surface area contributed by atoms with Crippen molar-refractivity contribution in [3.05, 3.63) is 106 Å². The SMILES string of the molecule is C=O.CC.O=C1OC(=O)c2cc(C#Cc3ccccc3)c(C#Cc3ccccc3)cc21. The van der Waals surface area contributed by atoms with Gasteiger partial charge in [-0.15, -0.1) is 0 Å². The van der Waals surface area contributed by atoms with Crippen molar-refractivity contribution in [1.82, 2.24) is 0 Å². The molecule has 0 saturated heterocycles. The predicted octanol–water partition coefficient (Wildman–Crippen LogP) is 4.64. The fourth-order valence-electron chi connectivity index (χ4n) is 2.66. The molecule has 0 aromatic heterocycles. The highest BCUT2D eigenvalue weighted by Gasteiger charge is 2.30. The molecule has 0 spiro atoms. The molecule has 4 nitrogen and oxygen atoms in total. The van der Waals surface area contributed by atoms with Gasteiger partial charge in [0, 0.05) is 22.3 Å². The summed E-state index contributed by atoms with van der Waals surface area (Å²) in [4.78, 5) is 31.7. The van der Waals surface area contributed by atoms with Gasteiger partial charge < -0.3 is 9.53 Å². The van der Waals surface area contributed by atoms with E-state index in [9.17, 15) is 9.59 Å². The fourth-order valence-corrected chi connectivity index (χ4v) is 2.66. The maximum absolute atomic E-state index is 11.9. The van der Waals surface area contributed by atoms with Gasteiger partial charge in [0.2, 0.25) is 0 Å². The van der Waals surface area contributed by atoms with Crippen LogP contribution in [0.4, 0.5) is 0 Å². The van der Waals surface area contributed by atoms with Crippen molar-refractivity contribution in [2.75, 3.05) is 0 Å². The average Bonchev–Trinajstić information content (AvgIpc) is 3.12. The molecule has 3 aromatic rings. The zero-order valence-electron chi connectivity index (χ0n) is 17.3. The Morgan fingerprint density at radius 1 is 0.613 bits per heavy atom. The van der Waals surface area contributed by atoms with Crippen LogP contribution >= 0.6 is 0 Å². The summed E-state index contributed by atoms with van der Waals surface area (Å²) in [5.41, 5.74) is 3.29. The molecule has 0 bridgehead atoms. The van der Waals surface area contributed by atoms with Crippen LogP contribution in [-0.4, -0.2) is 18.7 Å². The van der Waals surface area contributed by atoms with Crippen LogP contribution in [0.3, 0.4) is 0 Å². The maximum Gasteiger partial charge on any atom is 0.346 e. The summed E-state index contributed by atoms with van der Waals surface area (Å²) in [5, 5.41) is 0. The molecule has 1 aliphatic heterocycles. The second-order valence-electron chi connectivity index (χ2n) is 5.85. The van der Waals surface area contributed by atoms with Gasteiger partial charge in [0.15, 0.2) is 0 Å². The van der Waals surface area contributed by atoms with Gasteiger partial charge in [-0.05, 0) is 36.4 Å². The number of fused-ring (bicyclic) bond motifs is 1. The van der Waals surface area contributed by atoms with Crippen LogP contribution in [-0.2, 0) is 9.53 Å². The Morgan fingerprint density at radius 2 is 0.968 bits per heavy atom. The van der Waals surface area contributed by atoms with Gasteiger partial charge in [-0.3, -0.25) is 0 Å². The van der Waals surface area contributed by atoms with Gasteiger partial charge in [0.1, 0.15) is 6.79 Å². The van der Waals surface area contributed by atoms with Crippen LogP contribution in [0.1, 0.15) is 56.8 Å². The van der Waals surface area contributed by atoms with E-state index in [0.717, 1.165) is 11.1 Å². The Morgan fingerprint density at radius 3 is 1.32 bits per heavy atom. The smallest absolute Gasteiger partial charge is 0.346 e. The molecule has 1 heterocycles. The number of hydrogen-bond acceptors (Lipinski definition) is 4. The lowest BCUT2D eigenvalue weighted by Gasteiger charge is -2.00. The average molecular weight is 408 g/mol. The third kappa shape index (κ3) is 5.79. The minimum atomic E-state index is -0.652. The maximum atomic E-state index is 11.9. The zero-order chi connectivity index (χ0) is 22.6. The highest BCUT2D eigenvalue weighted by atomic mass is 16.6. The first-order valence-electron chi connectivity index (χ1n) is 9.58. The second-order valence-corrected chi connectivity index (χ2v) is 5.85. The minimum absolute atomic E-state index is 0.225. The first-order chi connectivity index (χ1) is 15.2. The largest absolute Gasteiger partial charge is 0.386 e. The molecule has 3 aromatic carbocycles. The van der Waals surface area contributed by atoms with Crippen molar-refractivity contribution >= 4 is 18.7 Å². The molecule has 1 aliphatic rings. The highest BCUT2D eigenvalue weighted by Crippen LogP contribution is 2.24. The Balaban J connectivity index is 0.000000807. The molecule has 152 valence electrons. The quantitative estimate of drug-likeness (QED) is 0.309. The van der Waals surface area contributed by atoms with E-state index in [4.69, 9.17) is 9.53 Å². The first kappa shape index (κ1) is 22.9. The van der Waals surface area contributed by atoms with Gasteiger partial charge in [-0.25, -0.2) is 9.59 Å². The summed E-state index contributed by atoms with van der Waals surface area (Å²) in [6, 6.07) is 22.2. The van der Waals surface area contributed by atoms with Crippen LogP contribution in [0.2, 0.25) is 0 Å². The van der Waals surface area contributed by atoms with Crippen LogP contribution < -0.4 is 0 Å². The first-order valence-corrected chi connectivity index (χ1v) is 9.58. The summed E-state index contributed by atoms with van der Waals surface area (Å²) < 4.78 is 4.69. The molecule has 0 radical (unpaired) electrons. The summed E-state index contributed by atoms with van der Waals surface area (Å²) in [5.74, 6) is 10.9. The summed E-state index contributed by atoms with van der Waals surface area (Å²) in [6.07, 6.45) is 0. The van der Waals surface area contributed by atoms with Crippen molar-refractivity contribution in [3.8, 4) is 23.7 Å². The van der Waals surface area contributed by atoms with Gasteiger partial charge in [0.05, 0.1) is 11.1 Å². The number of carbonyl (C=O) groups is 3. The monoisotopic (exact) mass is 408 g/mol. The molecular weight excluding hydrogens is 388 g/mol. The van der Waals surface area contributed by atoms with E-state index >= 15 is 0 Å². The number of hydrogen-bond donors (Lipinski definition) is 0. The van der Waals surface area contributed by atoms with Crippen LogP contribution in [0.25, 0.3) is 0 Å². The number of rotatable bonds is 0. The normalized spacial score (nSPS) is 10.4. The van der Waals surface area contributed by atoms with Crippen molar-refractivity contribution in [2.45, 2.75) is 13.8 Å². The number of benzene rings is 3. The predicted molar refractivity (Wildman–Crippen MR) is 120 cm³/mol. The van der Waals surface area contributed by atoms with Gasteiger partial charge in [-0.1, -0.05) is 73.9 Å². The fraction of sp³-hybridized carbons (Fsp3) is 0.0741. The van der Waals surface area contributed by atoms with E-state index in [1.165, 1.54) is 0 Å². The van der Waals surface area contributed by atoms with Crippen molar-refractivity contribution in [2.24, 2.45) is 0 Å². The summed E-state index contributed by atoms with van der Waals surface area (Å²) in [6.45, 7) is 6.00. The van der Waals surface area contributed by atoms with E-state index < -0.39 is 11.9 Å². The van der Waals surface area contributed by atoms with E-state index in [1.807, 2.05) is 81.3 Å². The highest BCUT2D eigenvalue weighted by molar-refractivity contribution is 6.15. The van der Waals surface area contributed by atoms with Crippen molar-refractivity contribution in [3.63, 3.8) is 0 Å². The second kappa shape index (κ2) is 11.6. The van der Waals surface area contributed by atoms with Gasteiger partial charge in [-0.2, -0.15) is 0 Å². The van der Waals surface area contributed by atoms with Crippen LogP contribution in [0.15, 0.2) is 72.8 Å². The molecule has 0 N–H and O–H groups in total. The number of cyclic esters (lactones) is 2. The molecule has 4 rings (SSSR count). The minimum Gasteiger partial charge on any atom is -0.386 e. The standard InChI is InChI=1S/C24H12O3.C2H6.CH2O/c25-23-21-15-19(13-11-17-7-3-1-4-8-17)20(16-22(21)24(26)27-23)14-12-18-9-5-2-6-10-18;2*1-2/h1-10,15-16H;1-2H3;1H2. The molecule has 31 heavy (non-hydrogen) atoms. The zero-order valence-corrected chi connectivity index (χ0v) is 17.3. The Labute approximate surface area is 181 Å². The van der Waals surface area contributed by atoms with Crippen LogP contribution in [0, 0.1) is 23.7 Å². The van der Waals surface area contributed by atoms with E-state index in [-0.39, 0.29) is 11.1 Å². The van der Waals surface area contributed by atoms with E-state index in [0.29, 0.717) is 11.1 Å². The molecule has 0 atom stereocenters. The van der Waals surface area contributed by atoms with Crippen molar-refractivity contribution < 1.29 is 19.1 Å². The Kier molecular flexibility index (Phi) is 8.53. The van der Waals surface area contributed by atoms with E-state index in [1.54, 1.807) is 12.1 Å². The molecular formula is C27H20O4. The molecule has 0 amide bonds. The molecule has 0 fully saturated rings. The molecule has 4 heteroatoms. The Bertz CT molecular complexity index is 1090. The lowest BCUT2D eigenvalue weighted by molar-refractivity contribution is -0.0980. The third-order valence-electron chi connectivity index (χ3n) is 4.01. The van der Waals surface area contributed by atoms with Crippen molar-refractivity contribution in [1.29, 1.82) is 0 Å². The topological polar surface area (TPSA) is 60.4 Å². The lowest BCUT2D eigenvalue weighted by atomic mass is 9.99. The van der Waals surface area contributed by atoms with Gasteiger partial charge >= 0.3 is 11.9 Å². The number of esters is 2. The number of ether oxygens (including phenoxy) is 1. The van der Waals surface area contributed by atoms with Gasteiger partial charge in [0.25, 0.3) is 0 Å². The lowest BCUT2D eigenvalue weighted by Crippen LogP contribution is -1.96. The number of carbonyl (C=O) groups excluding carboxylic acids is 3. The molecule has 0 saturated carbocycles. The van der Waals surface area contributed by atoms with Crippen LogP contribution in [0.5, 0.6) is 0 Å². The third-order valence-corrected chi connectivity index (χ3v) is 4.01. The Hall–Kier alpha value is -4.41. The van der Waals surface area contributed by atoms with E-state index in [2.05, 4.69) is 23.7 Å². The molecule has 0 aliphatic carbocycles. The summed E-state index contributed by atoms with van der Waals surface area (Å²) >= 11 is 0.